The Balaban J connectivity index is 3.35. The quantitative estimate of drug-likeness (QED) is 0.804. The van der Waals surface area contributed by atoms with Gasteiger partial charge in [-0.3, -0.25) is 0 Å². The Morgan fingerprint density at radius 1 is 1.64 bits per heavy atom. The van der Waals surface area contributed by atoms with Crippen LogP contribution in [0.4, 0.5) is 14.5 Å². The monoisotopic (exact) mass is 266 g/mol. The third kappa shape index (κ3) is 1.98. The van der Waals surface area contributed by atoms with E-state index in [1.807, 2.05) is 0 Å². The van der Waals surface area contributed by atoms with E-state index < -0.39 is 23.7 Å². The Morgan fingerprint density at radius 3 is 2.64 bits per heavy atom. The molecule has 0 amide bonds. The maximum atomic E-state index is 12.3. The Hall–Kier alpha value is -1.24. The molecule has 1 aromatic heterocycles. The van der Waals surface area contributed by atoms with E-state index in [9.17, 15) is 13.6 Å². The average Bonchev–Trinajstić information content (AvgIpc) is 2.08. The highest BCUT2D eigenvalue weighted by molar-refractivity contribution is 9.10. The number of pyridine rings is 1. The van der Waals surface area contributed by atoms with Crippen LogP contribution in [0.2, 0.25) is 0 Å². The number of aromatic carboxylic acids is 1. The third-order valence-electron chi connectivity index (χ3n) is 1.50. The second-order valence-corrected chi connectivity index (χ2v) is 3.16. The molecule has 14 heavy (non-hydrogen) atoms. The van der Waals surface area contributed by atoms with Crippen molar-refractivity contribution in [1.82, 2.24) is 4.98 Å². The van der Waals surface area contributed by atoms with Crippen LogP contribution >= 0.6 is 15.9 Å². The number of nitrogens with two attached hydrogens (primary N) is 1. The molecule has 0 radical (unpaired) electrons. The number of carboxylic acid groups (broad SMARTS) is 1. The number of anilines is 1. The SMILES string of the molecule is Nc1c(C(F)F)cc(C(=O)O)nc1Br. The average molecular weight is 267 g/mol. The molecule has 3 N–H and O–H groups in total. The fraction of sp³-hybridized carbons (Fsp3) is 0.143. The number of nitrogen functional groups attached to an aromatic ring is 1. The van der Waals surface area contributed by atoms with Crippen molar-refractivity contribution in [1.29, 1.82) is 0 Å². The van der Waals surface area contributed by atoms with Crippen molar-refractivity contribution in [3.63, 3.8) is 0 Å². The summed E-state index contributed by atoms with van der Waals surface area (Å²) in [4.78, 5) is 13.9. The van der Waals surface area contributed by atoms with Gasteiger partial charge in [0.2, 0.25) is 0 Å². The van der Waals surface area contributed by atoms with Gasteiger partial charge in [0, 0.05) is 5.56 Å². The lowest BCUT2D eigenvalue weighted by atomic mass is 10.2. The fourth-order valence-corrected chi connectivity index (χ4v) is 1.25. The number of rotatable bonds is 2. The van der Waals surface area contributed by atoms with Crippen LogP contribution in [0.1, 0.15) is 22.5 Å². The van der Waals surface area contributed by atoms with Crippen LogP contribution in [-0.4, -0.2) is 16.1 Å². The molecule has 0 atom stereocenters. The van der Waals surface area contributed by atoms with Crippen molar-refractivity contribution in [3.8, 4) is 0 Å². The van der Waals surface area contributed by atoms with E-state index >= 15 is 0 Å². The maximum Gasteiger partial charge on any atom is 0.354 e. The number of nitrogens with zero attached hydrogens (tertiary/aromatic N) is 1. The zero-order valence-corrected chi connectivity index (χ0v) is 8.25. The second kappa shape index (κ2) is 3.87. The van der Waals surface area contributed by atoms with Crippen LogP contribution < -0.4 is 5.73 Å². The number of hydrogen-bond acceptors (Lipinski definition) is 3. The normalized spacial score (nSPS) is 10.6. The van der Waals surface area contributed by atoms with Crippen molar-refractivity contribution in [2.24, 2.45) is 0 Å². The minimum atomic E-state index is -2.83. The molecule has 0 aromatic carbocycles. The molecule has 0 saturated heterocycles. The van der Waals surface area contributed by atoms with E-state index in [-0.39, 0.29) is 10.3 Å². The molecular formula is C7H5BrF2N2O2. The van der Waals surface area contributed by atoms with E-state index in [4.69, 9.17) is 10.8 Å². The summed E-state index contributed by atoms with van der Waals surface area (Å²) in [6.07, 6.45) is -2.83. The third-order valence-corrected chi connectivity index (χ3v) is 2.10. The van der Waals surface area contributed by atoms with Gasteiger partial charge in [0.05, 0.1) is 5.69 Å². The number of halogens is 3. The first-order valence-electron chi connectivity index (χ1n) is 3.41. The van der Waals surface area contributed by atoms with Gasteiger partial charge in [-0.05, 0) is 22.0 Å². The molecule has 7 heteroatoms. The molecule has 0 bridgehead atoms. The van der Waals surface area contributed by atoms with Gasteiger partial charge in [0.15, 0.2) is 0 Å². The summed E-state index contributed by atoms with van der Waals surface area (Å²) in [7, 11) is 0. The highest BCUT2D eigenvalue weighted by Crippen LogP contribution is 2.30. The minimum absolute atomic E-state index is 0.0901. The minimum Gasteiger partial charge on any atom is -0.477 e. The van der Waals surface area contributed by atoms with E-state index in [2.05, 4.69) is 20.9 Å². The highest BCUT2D eigenvalue weighted by Gasteiger charge is 2.18. The number of hydrogen-bond donors (Lipinski definition) is 2. The zero-order chi connectivity index (χ0) is 10.9. The summed E-state index contributed by atoms with van der Waals surface area (Å²) in [5.74, 6) is -1.38. The van der Waals surface area contributed by atoms with Gasteiger partial charge in [0.1, 0.15) is 10.3 Å². The molecule has 0 spiro atoms. The number of aromatic nitrogens is 1. The van der Waals surface area contributed by atoms with Crippen molar-refractivity contribution in [2.75, 3.05) is 5.73 Å². The maximum absolute atomic E-state index is 12.3. The predicted octanol–water partition coefficient (Wildman–Crippen LogP) is 2.06. The lowest BCUT2D eigenvalue weighted by Gasteiger charge is -2.06. The molecule has 0 fully saturated rings. The number of carbonyl (C=O) groups is 1. The van der Waals surface area contributed by atoms with E-state index in [0.717, 1.165) is 6.07 Å². The first kappa shape index (κ1) is 10.8. The van der Waals surface area contributed by atoms with Crippen molar-refractivity contribution in [3.05, 3.63) is 21.9 Å². The predicted molar refractivity (Wildman–Crippen MR) is 48.3 cm³/mol. The van der Waals surface area contributed by atoms with E-state index in [0.29, 0.717) is 0 Å². The Kier molecular flexibility index (Phi) is 3.00. The summed E-state index contributed by atoms with van der Waals surface area (Å²) in [5.41, 5.74) is 4.02. The molecule has 0 saturated carbocycles. The molecule has 1 heterocycles. The molecule has 1 rings (SSSR count). The zero-order valence-electron chi connectivity index (χ0n) is 6.67. The van der Waals surface area contributed by atoms with E-state index in [1.165, 1.54) is 0 Å². The van der Waals surface area contributed by atoms with Crippen LogP contribution in [0.25, 0.3) is 0 Å². The molecular weight excluding hydrogens is 262 g/mol. The van der Waals surface area contributed by atoms with Crippen molar-refractivity contribution >= 4 is 27.6 Å². The van der Waals surface area contributed by atoms with Crippen LogP contribution in [0.3, 0.4) is 0 Å². The van der Waals surface area contributed by atoms with Crippen LogP contribution in [-0.2, 0) is 0 Å². The van der Waals surface area contributed by atoms with Crippen molar-refractivity contribution < 1.29 is 18.7 Å². The molecule has 0 aliphatic heterocycles. The molecule has 0 aliphatic carbocycles. The second-order valence-electron chi connectivity index (χ2n) is 2.41. The molecule has 0 aliphatic rings. The Labute approximate surface area is 85.9 Å². The first-order valence-corrected chi connectivity index (χ1v) is 4.20. The molecule has 76 valence electrons. The number of carboxylic acids is 1. The highest BCUT2D eigenvalue weighted by atomic mass is 79.9. The van der Waals surface area contributed by atoms with Gasteiger partial charge in [0.25, 0.3) is 6.43 Å². The first-order chi connectivity index (χ1) is 6.43. The standard InChI is InChI=1S/C7H5BrF2N2O2/c8-5-4(11)2(6(9)10)1-3(12-5)7(13)14/h1,6H,11H2,(H,13,14). The summed E-state index contributed by atoms with van der Waals surface area (Å²) in [6.45, 7) is 0. The van der Waals surface area contributed by atoms with Crippen molar-refractivity contribution in [2.45, 2.75) is 6.43 Å². The summed E-state index contributed by atoms with van der Waals surface area (Å²) in [6, 6.07) is 0.757. The van der Waals surface area contributed by atoms with Gasteiger partial charge in [-0.15, -0.1) is 0 Å². The molecule has 1 aromatic rings. The Bertz CT molecular complexity index is 384. The Morgan fingerprint density at radius 2 is 2.21 bits per heavy atom. The largest absolute Gasteiger partial charge is 0.477 e. The van der Waals surface area contributed by atoms with Gasteiger partial charge in [-0.1, -0.05) is 0 Å². The summed E-state index contributed by atoms with van der Waals surface area (Å²) < 4.78 is 24.6. The van der Waals surface area contributed by atoms with Gasteiger partial charge in [-0.25, -0.2) is 18.6 Å². The van der Waals surface area contributed by atoms with Crippen LogP contribution in [0, 0.1) is 0 Å². The number of alkyl halides is 2. The lowest BCUT2D eigenvalue weighted by molar-refractivity contribution is 0.0690. The van der Waals surface area contributed by atoms with Gasteiger partial charge >= 0.3 is 5.97 Å². The summed E-state index contributed by atoms with van der Waals surface area (Å²) >= 11 is 2.80. The van der Waals surface area contributed by atoms with Crippen LogP contribution in [0.15, 0.2) is 10.7 Å². The van der Waals surface area contributed by atoms with E-state index in [1.54, 1.807) is 0 Å². The van der Waals surface area contributed by atoms with Gasteiger partial charge in [-0.2, -0.15) is 0 Å². The topological polar surface area (TPSA) is 76.2 Å². The molecule has 4 nitrogen and oxygen atoms in total. The fourth-order valence-electron chi connectivity index (χ4n) is 0.833. The lowest BCUT2D eigenvalue weighted by Crippen LogP contribution is -2.06. The van der Waals surface area contributed by atoms with Crippen LogP contribution in [0.5, 0.6) is 0 Å². The summed E-state index contributed by atoms with van der Waals surface area (Å²) in [5, 5.41) is 8.54. The van der Waals surface area contributed by atoms with Gasteiger partial charge < -0.3 is 10.8 Å². The smallest absolute Gasteiger partial charge is 0.354 e. The molecule has 0 unspecified atom stereocenters.